The molecule has 0 radical (unpaired) electrons. The molecule has 0 aliphatic carbocycles. The molecule has 0 bridgehead atoms. The van der Waals surface area contributed by atoms with Gasteiger partial charge in [0.05, 0.1) is 11.7 Å². The highest BCUT2D eigenvalue weighted by atomic mass is 16.5. The van der Waals surface area contributed by atoms with Crippen molar-refractivity contribution in [2.75, 3.05) is 4.90 Å². The fourth-order valence-electron chi connectivity index (χ4n) is 3.13. The Bertz CT molecular complexity index is 1170. The second-order valence-corrected chi connectivity index (χ2v) is 6.78. The molecule has 7 heteroatoms. The Hall–Kier alpha value is -4.39. The highest BCUT2D eigenvalue weighted by Gasteiger charge is 2.34. The Labute approximate surface area is 178 Å². The molecule has 3 aromatic carbocycles. The van der Waals surface area contributed by atoms with E-state index < -0.39 is 17.9 Å². The van der Waals surface area contributed by atoms with E-state index in [4.69, 9.17) is 4.74 Å². The number of aromatic carboxylic acids is 1. The molecule has 1 heterocycles. The van der Waals surface area contributed by atoms with Crippen LogP contribution >= 0.6 is 0 Å². The zero-order valence-electron chi connectivity index (χ0n) is 16.3. The molecule has 0 spiro atoms. The van der Waals surface area contributed by atoms with E-state index in [1.807, 2.05) is 0 Å². The van der Waals surface area contributed by atoms with Crippen LogP contribution in [0.25, 0.3) is 6.08 Å². The third-order valence-electron chi connectivity index (χ3n) is 4.70. The van der Waals surface area contributed by atoms with Gasteiger partial charge in [0.15, 0.2) is 0 Å². The number of ether oxygens (including phenoxy) is 1. The van der Waals surface area contributed by atoms with Gasteiger partial charge in [-0.15, -0.1) is 0 Å². The minimum absolute atomic E-state index is 0.0901. The number of anilines is 1. The lowest BCUT2D eigenvalue weighted by Crippen LogP contribution is -2.30. The van der Waals surface area contributed by atoms with Crippen molar-refractivity contribution in [2.45, 2.75) is 6.61 Å². The second kappa shape index (κ2) is 8.54. The van der Waals surface area contributed by atoms with Crippen LogP contribution in [0.2, 0.25) is 0 Å². The first-order chi connectivity index (χ1) is 15.0. The molecule has 1 N–H and O–H groups in total. The lowest BCUT2D eigenvalue weighted by Gasteiger charge is -2.11. The van der Waals surface area contributed by atoms with Gasteiger partial charge in [0.25, 0.3) is 5.91 Å². The number of carbonyl (C=O) groups is 3. The van der Waals surface area contributed by atoms with Gasteiger partial charge in [0.1, 0.15) is 18.1 Å². The fraction of sp³-hybridized carbons (Fsp3) is 0.0417. The maximum absolute atomic E-state index is 12.8. The van der Waals surface area contributed by atoms with Crippen LogP contribution < -0.4 is 20.1 Å². The first-order valence-electron chi connectivity index (χ1n) is 9.47. The molecule has 1 fully saturated rings. The quantitative estimate of drug-likeness (QED) is 0.495. The van der Waals surface area contributed by atoms with Gasteiger partial charge in [0.2, 0.25) is 0 Å². The van der Waals surface area contributed by atoms with Gasteiger partial charge < -0.3 is 20.0 Å². The Kier molecular flexibility index (Phi) is 5.49. The van der Waals surface area contributed by atoms with E-state index in [9.17, 15) is 19.5 Å². The SMILES string of the molecule is O=C([O-])c1ccc(COc2ccccc2/C=C2/NC(=O)N(c3ccccc3)C2=O)cc1. The zero-order valence-corrected chi connectivity index (χ0v) is 16.3. The van der Waals surface area contributed by atoms with E-state index in [1.165, 1.54) is 12.1 Å². The summed E-state index contributed by atoms with van der Waals surface area (Å²) in [5, 5.41) is 13.5. The lowest BCUT2D eigenvalue weighted by atomic mass is 10.1. The van der Waals surface area contributed by atoms with Gasteiger partial charge in [-0.05, 0) is 35.4 Å². The van der Waals surface area contributed by atoms with Crippen LogP contribution in [0, 0.1) is 0 Å². The highest BCUT2D eigenvalue weighted by Crippen LogP contribution is 2.26. The van der Waals surface area contributed by atoms with E-state index in [2.05, 4.69) is 5.32 Å². The number of benzene rings is 3. The number of urea groups is 1. The molecule has 0 aromatic heterocycles. The Morgan fingerprint density at radius 3 is 2.32 bits per heavy atom. The Balaban J connectivity index is 1.53. The van der Waals surface area contributed by atoms with Crippen LogP contribution in [0.4, 0.5) is 10.5 Å². The number of carbonyl (C=O) groups excluding carboxylic acids is 3. The molecule has 0 atom stereocenters. The minimum Gasteiger partial charge on any atom is -0.545 e. The zero-order chi connectivity index (χ0) is 21.8. The van der Waals surface area contributed by atoms with Crippen LogP contribution in [-0.4, -0.2) is 17.9 Å². The summed E-state index contributed by atoms with van der Waals surface area (Å²) in [6.45, 7) is 0.198. The van der Waals surface area contributed by atoms with Crippen molar-refractivity contribution < 1.29 is 24.2 Å². The summed E-state index contributed by atoms with van der Waals surface area (Å²) < 4.78 is 5.86. The third-order valence-corrected chi connectivity index (χ3v) is 4.70. The van der Waals surface area contributed by atoms with Gasteiger partial charge in [-0.25, -0.2) is 9.69 Å². The van der Waals surface area contributed by atoms with Crippen LogP contribution in [0.5, 0.6) is 5.75 Å². The molecule has 0 unspecified atom stereocenters. The number of nitrogens with zero attached hydrogens (tertiary/aromatic N) is 1. The first-order valence-corrected chi connectivity index (χ1v) is 9.47. The number of hydrogen-bond acceptors (Lipinski definition) is 5. The predicted octanol–water partition coefficient (Wildman–Crippen LogP) is 2.73. The smallest absolute Gasteiger partial charge is 0.333 e. The third kappa shape index (κ3) is 4.30. The molecular weight excluding hydrogens is 396 g/mol. The fourth-order valence-corrected chi connectivity index (χ4v) is 3.13. The summed E-state index contributed by atoms with van der Waals surface area (Å²) in [6, 6.07) is 21.4. The van der Waals surface area contributed by atoms with Crippen molar-refractivity contribution in [2.24, 2.45) is 0 Å². The number of nitrogens with one attached hydrogen (secondary N) is 1. The van der Waals surface area contributed by atoms with E-state index in [0.29, 0.717) is 17.0 Å². The number of rotatable bonds is 6. The molecular formula is C24H17N2O5-. The first kappa shape index (κ1) is 19.9. The summed E-state index contributed by atoms with van der Waals surface area (Å²) in [7, 11) is 0. The van der Waals surface area contributed by atoms with E-state index in [1.54, 1.807) is 72.8 Å². The van der Waals surface area contributed by atoms with Crippen molar-refractivity contribution in [1.29, 1.82) is 0 Å². The molecule has 31 heavy (non-hydrogen) atoms. The maximum atomic E-state index is 12.8. The Morgan fingerprint density at radius 2 is 1.61 bits per heavy atom. The van der Waals surface area contributed by atoms with Crippen molar-refractivity contribution in [3.8, 4) is 5.75 Å². The van der Waals surface area contributed by atoms with Crippen LogP contribution in [-0.2, 0) is 11.4 Å². The molecule has 1 aliphatic heterocycles. The molecule has 1 saturated heterocycles. The molecule has 1 aliphatic rings. The largest absolute Gasteiger partial charge is 0.545 e. The monoisotopic (exact) mass is 413 g/mol. The summed E-state index contributed by atoms with van der Waals surface area (Å²) in [4.78, 5) is 37.0. The Morgan fingerprint density at radius 1 is 0.935 bits per heavy atom. The van der Waals surface area contributed by atoms with Gasteiger partial charge in [-0.1, -0.05) is 60.7 Å². The van der Waals surface area contributed by atoms with Crippen LogP contribution in [0.15, 0.2) is 84.6 Å². The average Bonchev–Trinajstić information content (AvgIpc) is 3.06. The molecule has 3 aromatic rings. The van der Waals surface area contributed by atoms with Crippen LogP contribution in [0.1, 0.15) is 21.5 Å². The normalized spacial score (nSPS) is 14.6. The number of carboxylic acid groups (broad SMARTS) is 1. The lowest BCUT2D eigenvalue weighted by molar-refractivity contribution is -0.255. The maximum Gasteiger partial charge on any atom is 0.333 e. The van der Waals surface area contributed by atoms with E-state index in [0.717, 1.165) is 10.5 Å². The van der Waals surface area contributed by atoms with Gasteiger partial charge in [-0.3, -0.25) is 4.79 Å². The summed E-state index contributed by atoms with van der Waals surface area (Å²) in [6.07, 6.45) is 1.57. The van der Waals surface area contributed by atoms with Gasteiger partial charge in [0, 0.05) is 5.56 Å². The topological polar surface area (TPSA) is 98.8 Å². The molecule has 154 valence electrons. The number of imide groups is 1. The summed E-state index contributed by atoms with van der Waals surface area (Å²) in [5.74, 6) is -1.18. The van der Waals surface area contributed by atoms with E-state index >= 15 is 0 Å². The second-order valence-electron chi connectivity index (χ2n) is 6.78. The van der Waals surface area contributed by atoms with Gasteiger partial charge in [-0.2, -0.15) is 0 Å². The van der Waals surface area contributed by atoms with Gasteiger partial charge >= 0.3 is 6.03 Å². The summed E-state index contributed by atoms with van der Waals surface area (Å²) >= 11 is 0. The van der Waals surface area contributed by atoms with Crippen molar-refractivity contribution in [1.82, 2.24) is 5.32 Å². The standard InChI is InChI=1S/C24H18N2O5/c27-22-20(25-24(30)26(22)19-7-2-1-3-8-19)14-18-6-4-5-9-21(18)31-15-16-10-12-17(13-11-16)23(28)29/h1-14H,15H2,(H,25,30)(H,28,29)/p-1/b20-14+. The summed E-state index contributed by atoms with van der Waals surface area (Å²) in [5.41, 5.74) is 2.11. The van der Waals surface area contributed by atoms with Crippen molar-refractivity contribution in [3.05, 3.63) is 101 Å². The molecule has 7 nitrogen and oxygen atoms in total. The molecule has 4 rings (SSSR count). The number of amides is 3. The van der Waals surface area contributed by atoms with Crippen molar-refractivity contribution in [3.63, 3.8) is 0 Å². The number of para-hydroxylation sites is 2. The van der Waals surface area contributed by atoms with Crippen LogP contribution in [0.3, 0.4) is 0 Å². The predicted molar refractivity (Wildman–Crippen MR) is 112 cm³/mol. The number of carboxylic acids is 1. The molecule has 3 amide bonds. The molecule has 0 saturated carbocycles. The number of hydrogen-bond donors (Lipinski definition) is 1. The highest BCUT2D eigenvalue weighted by molar-refractivity contribution is 6.28. The average molecular weight is 413 g/mol. The minimum atomic E-state index is -1.24. The van der Waals surface area contributed by atoms with E-state index in [-0.39, 0.29) is 17.9 Å². The van der Waals surface area contributed by atoms with Crippen molar-refractivity contribution >= 4 is 29.7 Å².